The molecule has 1 amide bonds. The molecule has 0 aliphatic carbocycles. The zero-order valence-corrected chi connectivity index (χ0v) is 15.1. The number of aliphatic imine (C=N–C) groups is 1. The van der Waals surface area contributed by atoms with Gasteiger partial charge in [-0.1, -0.05) is 44.2 Å². The number of carbonyl (C=O) groups is 1. The van der Waals surface area contributed by atoms with Crippen LogP contribution in [0, 0.1) is 11.8 Å². The van der Waals surface area contributed by atoms with E-state index in [1.165, 1.54) is 12.0 Å². The van der Waals surface area contributed by atoms with Crippen LogP contribution in [0.25, 0.3) is 0 Å². The molecule has 1 saturated heterocycles. The van der Waals surface area contributed by atoms with Gasteiger partial charge in [0.25, 0.3) is 0 Å². The molecule has 1 aromatic rings. The monoisotopic (exact) mass is 330 g/mol. The van der Waals surface area contributed by atoms with Crippen LogP contribution in [0.1, 0.15) is 25.8 Å². The number of rotatable bonds is 6. The second-order valence-corrected chi connectivity index (χ2v) is 6.71. The van der Waals surface area contributed by atoms with Gasteiger partial charge in [-0.15, -0.1) is 0 Å². The molecule has 2 rings (SSSR count). The summed E-state index contributed by atoms with van der Waals surface area (Å²) in [6.45, 7) is 7.20. The van der Waals surface area contributed by atoms with E-state index in [1.54, 1.807) is 0 Å². The number of likely N-dealkylation sites (tertiary alicyclic amines) is 1. The van der Waals surface area contributed by atoms with Crippen LogP contribution in [0.2, 0.25) is 0 Å². The van der Waals surface area contributed by atoms with E-state index in [0.29, 0.717) is 19.0 Å². The molecule has 1 aliphatic heterocycles. The van der Waals surface area contributed by atoms with Crippen LogP contribution in [0.3, 0.4) is 0 Å². The molecule has 1 aliphatic rings. The molecular formula is C19H30N4O. The molecular weight excluding hydrogens is 300 g/mol. The quantitative estimate of drug-likeness (QED) is 0.476. The van der Waals surface area contributed by atoms with Gasteiger partial charge in [-0.05, 0) is 24.3 Å². The summed E-state index contributed by atoms with van der Waals surface area (Å²) in [7, 11) is 1.82. The minimum Gasteiger partial charge on any atom is -0.354 e. The van der Waals surface area contributed by atoms with Crippen LogP contribution in [0.15, 0.2) is 35.3 Å². The molecule has 5 nitrogen and oxygen atoms in total. The number of amides is 1. The van der Waals surface area contributed by atoms with Gasteiger partial charge in [-0.25, -0.2) is 0 Å². The van der Waals surface area contributed by atoms with Gasteiger partial charge in [0.1, 0.15) is 0 Å². The summed E-state index contributed by atoms with van der Waals surface area (Å²) in [5, 5.41) is 6.27. The molecule has 0 aromatic heterocycles. The molecule has 1 heterocycles. The van der Waals surface area contributed by atoms with Gasteiger partial charge in [-0.2, -0.15) is 0 Å². The van der Waals surface area contributed by atoms with Crippen molar-refractivity contribution in [2.24, 2.45) is 16.8 Å². The lowest BCUT2D eigenvalue weighted by atomic mass is 9.99. The van der Waals surface area contributed by atoms with Crippen molar-refractivity contribution in [3.63, 3.8) is 0 Å². The number of benzene rings is 1. The minimum atomic E-state index is 0.0293. The Morgan fingerprint density at radius 2 is 1.96 bits per heavy atom. The standard InChI is InChI=1S/C19H30N4O/c1-15(2)18(24)21-10-11-22-19(20-3)23-12-9-17(14-23)13-16-7-5-4-6-8-16/h4-8,15,17H,9-14H2,1-3H3,(H,20,22)(H,21,24). The number of nitrogens with one attached hydrogen (secondary N) is 2. The summed E-state index contributed by atoms with van der Waals surface area (Å²) in [6, 6.07) is 10.7. The van der Waals surface area contributed by atoms with Gasteiger partial charge >= 0.3 is 0 Å². The van der Waals surface area contributed by atoms with E-state index >= 15 is 0 Å². The molecule has 1 fully saturated rings. The molecule has 132 valence electrons. The zero-order chi connectivity index (χ0) is 17.4. The van der Waals surface area contributed by atoms with Crippen molar-refractivity contribution in [1.29, 1.82) is 0 Å². The van der Waals surface area contributed by atoms with Gasteiger partial charge in [0.05, 0.1) is 0 Å². The van der Waals surface area contributed by atoms with E-state index in [9.17, 15) is 4.79 Å². The minimum absolute atomic E-state index is 0.0293. The van der Waals surface area contributed by atoms with Gasteiger partial charge in [0, 0.05) is 39.1 Å². The molecule has 0 radical (unpaired) electrons. The average Bonchev–Trinajstić information content (AvgIpc) is 3.03. The molecule has 1 unspecified atom stereocenters. The fraction of sp³-hybridized carbons (Fsp3) is 0.579. The summed E-state index contributed by atoms with van der Waals surface area (Å²) in [6.07, 6.45) is 2.32. The Labute approximate surface area is 145 Å². The molecule has 0 spiro atoms. The van der Waals surface area contributed by atoms with E-state index in [0.717, 1.165) is 25.5 Å². The van der Waals surface area contributed by atoms with Crippen molar-refractivity contribution in [3.05, 3.63) is 35.9 Å². The zero-order valence-electron chi connectivity index (χ0n) is 15.1. The van der Waals surface area contributed by atoms with Crippen LogP contribution >= 0.6 is 0 Å². The predicted octanol–water partition coefficient (Wildman–Crippen LogP) is 1.90. The fourth-order valence-corrected chi connectivity index (χ4v) is 3.04. The molecule has 1 atom stereocenters. The molecule has 24 heavy (non-hydrogen) atoms. The highest BCUT2D eigenvalue weighted by Gasteiger charge is 2.24. The SMILES string of the molecule is CN=C(NCCNC(=O)C(C)C)N1CCC(Cc2ccccc2)C1. The summed E-state index contributed by atoms with van der Waals surface area (Å²) < 4.78 is 0. The predicted molar refractivity (Wildman–Crippen MR) is 99.0 cm³/mol. The number of hydrogen-bond acceptors (Lipinski definition) is 2. The maximum absolute atomic E-state index is 11.6. The third-order valence-electron chi connectivity index (χ3n) is 4.40. The fourth-order valence-electron chi connectivity index (χ4n) is 3.04. The van der Waals surface area contributed by atoms with Crippen LogP contribution < -0.4 is 10.6 Å². The number of nitrogens with zero attached hydrogens (tertiary/aromatic N) is 2. The van der Waals surface area contributed by atoms with Gasteiger partial charge < -0.3 is 15.5 Å². The van der Waals surface area contributed by atoms with Crippen molar-refractivity contribution in [3.8, 4) is 0 Å². The summed E-state index contributed by atoms with van der Waals surface area (Å²) in [4.78, 5) is 18.2. The van der Waals surface area contributed by atoms with Crippen molar-refractivity contribution in [1.82, 2.24) is 15.5 Å². The number of guanidine groups is 1. The van der Waals surface area contributed by atoms with Gasteiger partial charge in [0.2, 0.25) is 5.91 Å². The van der Waals surface area contributed by atoms with Crippen molar-refractivity contribution in [2.75, 3.05) is 33.2 Å². The van der Waals surface area contributed by atoms with Crippen molar-refractivity contribution < 1.29 is 4.79 Å². The van der Waals surface area contributed by atoms with Crippen LogP contribution in [-0.4, -0.2) is 50.0 Å². The van der Waals surface area contributed by atoms with E-state index in [-0.39, 0.29) is 11.8 Å². The Kier molecular flexibility index (Phi) is 7.09. The van der Waals surface area contributed by atoms with Crippen LogP contribution in [0.5, 0.6) is 0 Å². The molecule has 1 aromatic carbocycles. The topological polar surface area (TPSA) is 56.7 Å². The lowest BCUT2D eigenvalue weighted by Gasteiger charge is -2.22. The normalized spacial score (nSPS) is 18.1. The van der Waals surface area contributed by atoms with Crippen molar-refractivity contribution >= 4 is 11.9 Å². The second kappa shape index (κ2) is 9.30. The first-order chi connectivity index (χ1) is 11.6. The average molecular weight is 330 g/mol. The Hall–Kier alpha value is -2.04. The maximum atomic E-state index is 11.6. The lowest BCUT2D eigenvalue weighted by Crippen LogP contribution is -2.43. The Bertz CT molecular complexity index is 542. The highest BCUT2D eigenvalue weighted by molar-refractivity contribution is 5.80. The Morgan fingerprint density at radius 3 is 2.62 bits per heavy atom. The second-order valence-electron chi connectivity index (χ2n) is 6.71. The molecule has 0 saturated carbocycles. The first kappa shape index (κ1) is 18.3. The summed E-state index contributed by atoms with van der Waals surface area (Å²) >= 11 is 0. The summed E-state index contributed by atoms with van der Waals surface area (Å²) in [5.41, 5.74) is 1.41. The molecule has 5 heteroatoms. The lowest BCUT2D eigenvalue weighted by molar-refractivity contribution is -0.123. The van der Waals surface area contributed by atoms with Crippen LogP contribution in [0.4, 0.5) is 0 Å². The van der Waals surface area contributed by atoms with Gasteiger partial charge in [-0.3, -0.25) is 9.79 Å². The third kappa shape index (κ3) is 5.55. The third-order valence-corrected chi connectivity index (χ3v) is 4.40. The number of carbonyl (C=O) groups excluding carboxylic acids is 1. The first-order valence-corrected chi connectivity index (χ1v) is 8.87. The molecule has 2 N–H and O–H groups in total. The number of hydrogen-bond donors (Lipinski definition) is 2. The Morgan fingerprint density at radius 1 is 1.25 bits per heavy atom. The maximum Gasteiger partial charge on any atom is 0.222 e. The van der Waals surface area contributed by atoms with E-state index < -0.39 is 0 Å². The van der Waals surface area contributed by atoms with E-state index in [2.05, 4.69) is 50.9 Å². The summed E-state index contributed by atoms with van der Waals surface area (Å²) in [5.74, 6) is 1.73. The largest absolute Gasteiger partial charge is 0.354 e. The Balaban J connectivity index is 1.73. The first-order valence-electron chi connectivity index (χ1n) is 8.87. The van der Waals surface area contributed by atoms with E-state index in [4.69, 9.17) is 0 Å². The van der Waals surface area contributed by atoms with Gasteiger partial charge in [0.15, 0.2) is 5.96 Å². The molecule has 0 bridgehead atoms. The smallest absolute Gasteiger partial charge is 0.222 e. The van der Waals surface area contributed by atoms with Crippen molar-refractivity contribution in [2.45, 2.75) is 26.7 Å². The van der Waals surface area contributed by atoms with Crippen LogP contribution in [-0.2, 0) is 11.2 Å². The van der Waals surface area contributed by atoms with E-state index in [1.807, 2.05) is 20.9 Å². The highest BCUT2D eigenvalue weighted by atomic mass is 16.1. The highest BCUT2D eigenvalue weighted by Crippen LogP contribution is 2.20.